The average molecular weight is 128 g/mol. The van der Waals surface area contributed by atoms with Crippen molar-refractivity contribution in [1.82, 2.24) is 0 Å². The molecule has 1 heterocycles. The smallest absolute Gasteiger partial charge is 0.138 e. The van der Waals surface area contributed by atoms with E-state index in [0.717, 1.165) is 18.6 Å². The summed E-state index contributed by atoms with van der Waals surface area (Å²) < 4.78 is 0. The van der Waals surface area contributed by atoms with E-state index in [0.29, 0.717) is 6.61 Å². The molecule has 0 atom stereocenters. The van der Waals surface area contributed by atoms with Gasteiger partial charge in [0.15, 0.2) is 0 Å². The molecule has 0 amide bonds. The van der Waals surface area contributed by atoms with Gasteiger partial charge >= 0.3 is 0 Å². The molecule has 0 aromatic heterocycles. The number of hydrogen-bond donors (Lipinski definition) is 0. The van der Waals surface area contributed by atoms with Crippen LogP contribution < -0.4 is 0 Å². The Labute approximate surface area is 55.4 Å². The average Bonchev–Trinajstić information content (AvgIpc) is 1.89. The second kappa shape index (κ2) is 2.87. The number of hydrogen-bond acceptors (Lipinski definition) is 2. The van der Waals surface area contributed by atoms with Gasteiger partial charge in [-0.3, -0.25) is 0 Å². The second-order valence-corrected chi connectivity index (χ2v) is 2.17. The molecular formula is C7H12O2. The Morgan fingerprint density at radius 2 is 2.33 bits per heavy atom. The van der Waals surface area contributed by atoms with Gasteiger partial charge in [-0.25, -0.2) is 0 Å². The van der Waals surface area contributed by atoms with Crippen LogP contribution in [0.15, 0.2) is 11.3 Å². The maximum absolute atomic E-state index is 4.86. The molecule has 2 heteroatoms. The fraction of sp³-hybridized carbons (Fsp3) is 0.714. The fourth-order valence-electron chi connectivity index (χ4n) is 0.956. The van der Waals surface area contributed by atoms with Crippen LogP contribution in [0.2, 0.25) is 0 Å². The zero-order chi connectivity index (χ0) is 6.69. The van der Waals surface area contributed by atoms with Gasteiger partial charge in [0.05, 0.1) is 6.61 Å². The van der Waals surface area contributed by atoms with Crippen LogP contribution in [0.1, 0.15) is 26.7 Å². The molecule has 0 unspecified atom stereocenters. The van der Waals surface area contributed by atoms with Gasteiger partial charge in [-0.15, -0.1) is 0 Å². The summed E-state index contributed by atoms with van der Waals surface area (Å²) in [7, 11) is 0. The second-order valence-electron chi connectivity index (χ2n) is 2.17. The quantitative estimate of drug-likeness (QED) is 0.503. The van der Waals surface area contributed by atoms with Gasteiger partial charge in [-0.1, -0.05) is 6.92 Å². The largest absolute Gasteiger partial charge is 0.342 e. The highest BCUT2D eigenvalue weighted by atomic mass is 17.2. The highest BCUT2D eigenvalue weighted by molar-refractivity contribution is 5.06. The molecule has 52 valence electrons. The molecule has 0 bridgehead atoms. The van der Waals surface area contributed by atoms with Gasteiger partial charge in [0.25, 0.3) is 0 Å². The molecule has 0 aromatic rings. The summed E-state index contributed by atoms with van der Waals surface area (Å²) in [4.78, 5) is 9.62. The lowest BCUT2D eigenvalue weighted by Crippen LogP contribution is -2.06. The lowest BCUT2D eigenvalue weighted by molar-refractivity contribution is -0.270. The topological polar surface area (TPSA) is 18.5 Å². The molecule has 9 heavy (non-hydrogen) atoms. The van der Waals surface area contributed by atoms with Crippen LogP contribution in [0.25, 0.3) is 0 Å². The van der Waals surface area contributed by atoms with E-state index in [1.807, 2.05) is 6.92 Å². The summed E-state index contributed by atoms with van der Waals surface area (Å²) >= 11 is 0. The first kappa shape index (κ1) is 6.62. The van der Waals surface area contributed by atoms with Crippen molar-refractivity contribution in [2.45, 2.75) is 26.7 Å². The third-order valence-electron chi connectivity index (χ3n) is 1.60. The normalized spacial score (nSPS) is 19.8. The summed E-state index contributed by atoms with van der Waals surface area (Å²) in [6.45, 7) is 4.78. The lowest BCUT2D eigenvalue weighted by atomic mass is 10.1. The SMILES string of the molecule is CCC1=C(C)OOCC1. The van der Waals surface area contributed by atoms with Crippen molar-refractivity contribution in [3.8, 4) is 0 Å². The summed E-state index contributed by atoms with van der Waals surface area (Å²) in [5.74, 6) is 0.948. The van der Waals surface area contributed by atoms with Gasteiger partial charge in [-0.2, -0.15) is 4.89 Å². The molecule has 1 rings (SSSR count). The Morgan fingerprint density at radius 1 is 1.56 bits per heavy atom. The third-order valence-corrected chi connectivity index (χ3v) is 1.60. The molecule has 1 aliphatic rings. The highest BCUT2D eigenvalue weighted by Gasteiger charge is 2.08. The molecule has 2 nitrogen and oxygen atoms in total. The van der Waals surface area contributed by atoms with Crippen molar-refractivity contribution in [3.63, 3.8) is 0 Å². The van der Waals surface area contributed by atoms with Crippen LogP contribution in [0.3, 0.4) is 0 Å². The molecule has 1 aliphatic heterocycles. The van der Waals surface area contributed by atoms with Crippen LogP contribution in [0, 0.1) is 0 Å². The fourth-order valence-corrected chi connectivity index (χ4v) is 0.956. The highest BCUT2D eigenvalue weighted by Crippen LogP contribution is 2.18. The molecule has 0 aliphatic carbocycles. The summed E-state index contributed by atoms with van der Waals surface area (Å²) in [6, 6.07) is 0. The zero-order valence-corrected chi connectivity index (χ0v) is 5.94. The van der Waals surface area contributed by atoms with E-state index in [-0.39, 0.29) is 0 Å². The standard InChI is InChI=1S/C7H12O2/c1-3-7-4-5-8-9-6(7)2/h3-5H2,1-2H3. The Morgan fingerprint density at radius 3 is 2.78 bits per heavy atom. The first-order valence-electron chi connectivity index (χ1n) is 3.32. The molecule has 0 saturated carbocycles. The Kier molecular flexibility index (Phi) is 2.11. The predicted octanol–water partition coefficient (Wildman–Crippen LogP) is 2.02. The van der Waals surface area contributed by atoms with Gasteiger partial charge in [0.1, 0.15) is 5.76 Å². The minimum atomic E-state index is 0.709. The minimum absolute atomic E-state index is 0.709. The molecular weight excluding hydrogens is 116 g/mol. The summed E-state index contributed by atoms with van der Waals surface area (Å²) in [5.41, 5.74) is 1.38. The maximum atomic E-state index is 4.86. The van der Waals surface area contributed by atoms with Crippen LogP contribution in [-0.2, 0) is 9.78 Å². The van der Waals surface area contributed by atoms with E-state index >= 15 is 0 Å². The van der Waals surface area contributed by atoms with E-state index in [1.54, 1.807) is 0 Å². The van der Waals surface area contributed by atoms with Crippen molar-refractivity contribution >= 4 is 0 Å². The Bertz CT molecular complexity index is 127. The lowest BCUT2D eigenvalue weighted by Gasteiger charge is -2.15. The predicted molar refractivity (Wildman–Crippen MR) is 34.6 cm³/mol. The number of allylic oxidation sites excluding steroid dienone is 1. The van der Waals surface area contributed by atoms with Gasteiger partial charge < -0.3 is 4.89 Å². The van der Waals surface area contributed by atoms with Crippen molar-refractivity contribution in [2.24, 2.45) is 0 Å². The van der Waals surface area contributed by atoms with E-state index in [2.05, 4.69) is 6.92 Å². The van der Waals surface area contributed by atoms with Gasteiger partial charge in [0.2, 0.25) is 0 Å². The van der Waals surface area contributed by atoms with Crippen LogP contribution >= 0.6 is 0 Å². The third kappa shape index (κ3) is 1.45. The van der Waals surface area contributed by atoms with Crippen molar-refractivity contribution in [2.75, 3.05) is 6.61 Å². The van der Waals surface area contributed by atoms with Gasteiger partial charge in [0, 0.05) is 0 Å². The molecule has 0 N–H and O–H groups in total. The van der Waals surface area contributed by atoms with E-state index in [9.17, 15) is 0 Å². The monoisotopic (exact) mass is 128 g/mol. The van der Waals surface area contributed by atoms with E-state index < -0.39 is 0 Å². The molecule has 0 fully saturated rings. The first-order valence-corrected chi connectivity index (χ1v) is 3.32. The van der Waals surface area contributed by atoms with Crippen LogP contribution in [-0.4, -0.2) is 6.61 Å². The molecule has 0 aromatic carbocycles. The van der Waals surface area contributed by atoms with Crippen LogP contribution in [0.5, 0.6) is 0 Å². The molecule has 0 saturated heterocycles. The van der Waals surface area contributed by atoms with Crippen molar-refractivity contribution < 1.29 is 9.78 Å². The maximum Gasteiger partial charge on any atom is 0.138 e. The van der Waals surface area contributed by atoms with Gasteiger partial charge in [-0.05, 0) is 25.3 Å². The summed E-state index contributed by atoms with van der Waals surface area (Å²) in [5, 5.41) is 0. The van der Waals surface area contributed by atoms with Crippen molar-refractivity contribution in [3.05, 3.63) is 11.3 Å². The van der Waals surface area contributed by atoms with Crippen molar-refractivity contribution in [1.29, 1.82) is 0 Å². The zero-order valence-electron chi connectivity index (χ0n) is 5.94. The van der Waals surface area contributed by atoms with E-state index in [4.69, 9.17) is 9.78 Å². The van der Waals surface area contributed by atoms with Crippen LogP contribution in [0.4, 0.5) is 0 Å². The van der Waals surface area contributed by atoms with E-state index in [1.165, 1.54) is 5.57 Å². The Balaban J connectivity index is 2.59. The Hall–Kier alpha value is -0.500. The number of rotatable bonds is 1. The summed E-state index contributed by atoms with van der Waals surface area (Å²) in [6.07, 6.45) is 2.11. The minimum Gasteiger partial charge on any atom is -0.342 e. The molecule has 0 radical (unpaired) electrons. The molecule has 0 spiro atoms. The first-order chi connectivity index (χ1) is 4.34.